The van der Waals surface area contributed by atoms with Crippen molar-refractivity contribution in [2.24, 2.45) is 5.41 Å². The van der Waals surface area contributed by atoms with Crippen molar-refractivity contribution in [2.45, 2.75) is 26.7 Å². The molecule has 0 bridgehead atoms. The Labute approximate surface area is 127 Å². The number of benzene rings is 1. The number of Topliss-reactive ketones (excluding diaryl/α,β-unsaturated/α-hetero) is 1. The van der Waals surface area contributed by atoms with Crippen molar-refractivity contribution >= 4 is 29.0 Å². The van der Waals surface area contributed by atoms with Crippen LogP contribution in [0.3, 0.4) is 0 Å². The summed E-state index contributed by atoms with van der Waals surface area (Å²) in [6.45, 7) is 3.87. The highest BCUT2D eigenvalue weighted by molar-refractivity contribution is 6.52. The second-order valence-corrected chi connectivity index (χ2v) is 6.08. The highest BCUT2D eigenvalue weighted by Gasteiger charge is 2.36. The molecule has 0 fully saturated rings. The summed E-state index contributed by atoms with van der Waals surface area (Å²) in [5, 5.41) is 8.78. The van der Waals surface area contributed by atoms with E-state index in [1.807, 2.05) is 0 Å². The van der Waals surface area contributed by atoms with Gasteiger partial charge < -0.3 is 4.90 Å². The normalized spacial score (nSPS) is 14.3. The Hall–Kier alpha value is -1.93. The highest BCUT2D eigenvalue weighted by atomic mass is 35.5. The fraction of sp³-hybridized carbons (Fsp3) is 0.400. The van der Waals surface area contributed by atoms with E-state index < -0.39 is 22.9 Å². The zero-order valence-corrected chi connectivity index (χ0v) is 12.5. The summed E-state index contributed by atoms with van der Waals surface area (Å²) in [7, 11) is 0. The van der Waals surface area contributed by atoms with Gasteiger partial charge in [-0.2, -0.15) is 5.26 Å². The average molecular weight is 309 g/mol. The van der Waals surface area contributed by atoms with Crippen LogP contribution in [0.1, 0.15) is 37.0 Å². The molecule has 110 valence electrons. The van der Waals surface area contributed by atoms with Gasteiger partial charge in [0, 0.05) is 6.54 Å². The summed E-state index contributed by atoms with van der Waals surface area (Å²) in [5.41, 5.74) is -0.117. The molecule has 0 spiro atoms. The van der Waals surface area contributed by atoms with Crippen LogP contribution in [0.2, 0.25) is 5.02 Å². The first-order valence-electron chi connectivity index (χ1n) is 6.53. The first-order chi connectivity index (χ1) is 9.76. The van der Waals surface area contributed by atoms with E-state index in [2.05, 4.69) is 6.07 Å². The minimum atomic E-state index is -0.679. The Morgan fingerprint density at radius 3 is 2.67 bits per heavy atom. The molecule has 21 heavy (non-hydrogen) atoms. The summed E-state index contributed by atoms with van der Waals surface area (Å²) in [6.07, 6.45) is 1.12. The predicted octanol–water partition coefficient (Wildman–Crippen LogP) is 3.34. The lowest BCUT2D eigenvalue weighted by Gasteiger charge is -2.19. The van der Waals surface area contributed by atoms with Crippen molar-refractivity contribution in [3.05, 3.63) is 28.5 Å². The van der Waals surface area contributed by atoms with Crippen LogP contribution in [-0.4, -0.2) is 18.2 Å². The summed E-state index contributed by atoms with van der Waals surface area (Å²) >= 11 is 5.64. The molecule has 1 aliphatic heterocycles. The molecule has 1 heterocycles. The summed E-state index contributed by atoms with van der Waals surface area (Å²) in [5.74, 6) is -2.02. The molecule has 2 rings (SSSR count). The molecule has 0 saturated carbocycles. The highest BCUT2D eigenvalue weighted by Crippen LogP contribution is 2.33. The molecule has 0 radical (unpaired) electrons. The number of nitrogens with zero attached hydrogens (tertiary/aromatic N) is 2. The maximum absolute atomic E-state index is 13.5. The molecule has 0 atom stereocenters. The fourth-order valence-electron chi connectivity index (χ4n) is 2.25. The van der Waals surface area contributed by atoms with E-state index in [4.69, 9.17) is 16.9 Å². The Kier molecular flexibility index (Phi) is 4.02. The molecule has 0 saturated heterocycles. The van der Waals surface area contributed by atoms with Gasteiger partial charge in [-0.1, -0.05) is 11.6 Å². The molecule has 1 amide bonds. The molecule has 0 unspecified atom stereocenters. The smallest absolute Gasteiger partial charge is 0.299 e. The molecule has 4 nitrogen and oxygen atoms in total. The van der Waals surface area contributed by atoms with Crippen molar-refractivity contribution in [1.29, 1.82) is 5.26 Å². The van der Waals surface area contributed by atoms with Gasteiger partial charge >= 0.3 is 0 Å². The van der Waals surface area contributed by atoms with E-state index >= 15 is 0 Å². The van der Waals surface area contributed by atoms with E-state index in [9.17, 15) is 14.0 Å². The number of anilines is 1. The Bertz CT molecular complexity index is 664. The van der Waals surface area contributed by atoms with Crippen LogP contribution < -0.4 is 4.90 Å². The zero-order valence-electron chi connectivity index (χ0n) is 11.7. The van der Waals surface area contributed by atoms with Crippen molar-refractivity contribution in [3.8, 4) is 6.07 Å². The number of hydrogen-bond donors (Lipinski definition) is 0. The van der Waals surface area contributed by atoms with Gasteiger partial charge in [0.15, 0.2) is 0 Å². The lowest BCUT2D eigenvalue weighted by Crippen LogP contribution is -2.31. The first-order valence-corrected chi connectivity index (χ1v) is 6.91. The van der Waals surface area contributed by atoms with Gasteiger partial charge in [0.05, 0.1) is 27.8 Å². The number of amides is 1. The summed E-state index contributed by atoms with van der Waals surface area (Å²) in [6, 6.07) is 4.47. The van der Waals surface area contributed by atoms with Gasteiger partial charge in [-0.15, -0.1) is 0 Å². The molecule has 0 aliphatic carbocycles. The summed E-state index contributed by atoms with van der Waals surface area (Å²) < 4.78 is 13.5. The molecule has 0 aromatic heterocycles. The lowest BCUT2D eigenvalue weighted by molar-refractivity contribution is -0.114. The third-order valence-electron chi connectivity index (χ3n) is 3.50. The Morgan fingerprint density at radius 2 is 2.05 bits per heavy atom. The number of carbonyl (C=O) groups excluding carboxylic acids is 2. The van der Waals surface area contributed by atoms with Gasteiger partial charge in [-0.25, -0.2) is 4.39 Å². The zero-order chi connectivity index (χ0) is 15.8. The molecule has 0 N–H and O–H groups in total. The summed E-state index contributed by atoms with van der Waals surface area (Å²) in [4.78, 5) is 25.1. The topological polar surface area (TPSA) is 61.2 Å². The molecular weight excluding hydrogens is 295 g/mol. The molecule has 1 aliphatic rings. The van der Waals surface area contributed by atoms with Crippen LogP contribution in [0.25, 0.3) is 0 Å². The predicted molar refractivity (Wildman–Crippen MR) is 76.7 cm³/mol. The van der Waals surface area contributed by atoms with Crippen LogP contribution in [-0.2, 0) is 4.79 Å². The van der Waals surface area contributed by atoms with Gasteiger partial charge in [-0.05, 0) is 38.8 Å². The van der Waals surface area contributed by atoms with E-state index in [1.54, 1.807) is 13.8 Å². The van der Waals surface area contributed by atoms with Gasteiger partial charge in [0.1, 0.15) is 5.82 Å². The SMILES string of the molecule is CC(C)(C#N)CCCN1C(=O)C(=O)c2cc(Cl)c(F)cc21. The minimum Gasteiger partial charge on any atom is -0.305 e. The Morgan fingerprint density at radius 1 is 1.38 bits per heavy atom. The molecule has 1 aromatic rings. The largest absolute Gasteiger partial charge is 0.305 e. The molecule has 1 aromatic carbocycles. The van der Waals surface area contributed by atoms with Crippen LogP contribution in [0.5, 0.6) is 0 Å². The number of fused-ring (bicyclic) bond motifs is 1. The van der Waals surface area contributed by atoms with Gasteiger partial charge in [0.2, 0.25) is 0 Å². The molecular formula is C15H14ClFN2O2. The van der Waals surface area contributed by atoms with Crippen molar-refractivity contribution in [3.63, 3.8) is 0 Å². The quantitative estimate of drug-likeness (QED) is 0.801. The van der Waals surface area contributed by atoms with Crippen LogP contribution in [0.4, 0.5) is 10.1 Å². The third kappa shape index (κ3) is 2.91. The number of halogens is 2. The lowest BCUT2D eigenvalue weighted by atomic mass is 9.90. The number of carbonyl (C=O) groups is 2. The second kappa shape index (κ2) is 5.45. The monoisotopic (exact) mass is 308 g/mol. The van der Waals surface area contributed by atoms with Crippen LogP contribution in [0.15, 0.2) is 12.1 Å². The number of hydrogen-bond acceptors (Lipinski definition) is 3. The van der Waals surface area contributed by atoms with Crippen molar-refractivity contribution < 1.29 is 14.0 Å². The number of rotatable bonds is 4. The van der Waals surface area contributed by atoms with Gasteiger partial charge in [-0.3, -0.25) is 9.59 Å². The average Bonchev–Trinajstić information content (AvgIpc) is 2.65. The third-order valence-corrected chi connectivity index (χ3v) is 3.79. The number of nitriles is 1. The van der Waals surface area contributed by atoms with Gasteiger partial charge in [0.25, 0.3) is 11.7 Å². The second-order valence-electron chi connectivity index (χ2n) is 5.67. The van der Waals surface area contributed by atoms with E-state index in [-0.39, 0.29) is 22.8 Å². The maximum atomic E-state index is 13.5. The van der Waals surface area contributed by atoms with E-state index in [0.29, 0.717) is 12.8 Å². The maximum Gasteiger partial charge on any atom is 0.299 e. The Balaban J connectivity index is 2.20. The number of ketones is 1. The van der Waals surface area contributed by atoms with Crippen molar-refractivity contribution in [2.75, 3.05) is 11.4 Å². The van der Waals surface area contributed by atoms with Crippen LogP contribution in [0, 0.1) is 22.6 Å². The van der Waals surface area contributed by atoms with E-state index in [1.165, 1.54) is 11.0 Å². The first kappa shape index (κ1) is 15.5. The van der Waals surface area contributed by atoms with Crippen molar-refractivity contribution in [1.82, 2.24) is 0 Å². The standard InChI is InChI=1S/C15H14ClFN2O2/c1-15(2,8-18)4-3-5-19-12-7-11(17)10(16)6-9(12)13(20)14(19)21/h6-7H,3-5H2,1-2H3. The van der Waals surface area contributed by atoms with E-state index in [0.717, 1.165) is 6.07 Å². The minimum absolute atomic E-state index is 0.131. The molecule has 6 heteroatoms. The fourth-order valence-corrected chi connectivity index (χ4v) is 2.41. The van der Waals surface area contributed by atoms with Crippen LogP contribution >= 0.6 is 11.6 Å².